The van der Waals surface area contributed by atoms with Crippen molar-refractivity contribution in [2.45, 2.75) is 28.5 Å². The minimum atomic E-state index is -1.27. The van der Waals surface area contributed by atoms with Gasteiger partial charge >= 0.3 is 5.97 Å². The summed E-state index contributed by atoms with van der Waals surface area (Å²) in [6, 6.07) is 0.764. The molecule has 2 aromatic rings. The smallest absolute Gasteiger partial charge is 0.352 e. The highest BCUT2D eigenvalue weighted by Gasteiger charge is 2.54. The summed E-state index contributed by atoms with van der Waals surface area (Å²) in [7, 11) is 0. The number of nitrogens with two attached hydrogens (primary N) is 2. The molecule has 0 bridgehead atoms. The molecule has 2 aliphatic heterocycles. The molecular weight excluding hydrogens is 608 g/mol. The number of carbonyl (C=O) groups is 3. The van der Waals surface area contributed by atoms with E-state index in [4.69, 9.17) is 23.1 Å². The first-order chi connectivity index (χ1) is 18.6. The highest BCUT2D eigenvalue weighted by Crippen LogP contribution is 2.41. The molecule has 4 heterocycles. The molecule has 0 aromatic carbocycles. The maximum absolute atomic E-state index is 12.9. The summed E-state index contributed by atoms with van der Waals surface area (Å²) >= 11 is 10.9. The van der Waals surface area contributed by atoms with E-state index < -0.39 is 34.9 Å². The highest BCUT2D eigenvalue weighted by molar-refractivity contribution is 8.02. The van der Waals surface area contributed by atoms with E-state index >= 15 is 0 Å². The van der Waals surface area contributed by atoms with E-state index in [0.29, 0.717) is 28.1 Å². The second-order valence-corrected chi connectivity index (χ2v) is 12.6. The number of carboxylic acid groups (broad SMARTS) is 1. The van der Waals surface area contributed by atoms with Gasteiger partial charge in [-0.3, -0.25) is 14.5 Å². The van der Waals surface area contributed by atoms with Gasteiger partial charge in [0.05, 0.1) is 0 Å². The number of aryl methyl sites for hydroxylation is 1. The third kappa shape index (κ3) is 6.33. The van der Waals surface area contributed by atoms with Crippen molar-refractivity contribution >= 4 is 86.9 Å². The number of thioether (sulfide) groups is 3. The number of fused-ring (bicyclic) bond motifs is 1. The largest absolute Gasteiger partial charge is 0.477 e. The highest BCUT2D eigenvalue weighted by atomic mass is 35.5. The topological polar surface area (TPSA) is 210 Å². The van der Waals surface area contributed by atoms with Gasteiger partial charge in [-0.15, -0.1) is 11.8 Å². The van der Waals surface area contributed by atoms with Crippen LogP contribution in [-0.2, 0) is 14.4 Å². The first kappa shape index (κ1) is 29.2. The van der Waals surface area contributed by atoms with Gasteiger partial charge in [0, 0.05) is 23.7 Å². The lowest BCUT2D eigenvalue weighted by Crippen LogP contribution is -2.71. The van der Waals surface area contributed by atoms with E-state index in [2.05, 4.69) is 25.4 Å². The number of halogens is 1. The summed E-state index contributed by atoms with van der Waals surface area (Å²) in [4.78, 5) is 51.6. The number of aromatic nitrogens is 3. The van der Waals surface area contributed by atoms with E-state index in [9.17, 15) is 24.7 Å². The number of carboxylic acids is 1. The summed E-state index contributed by atoms with van der Waals surface area (Å²) in [6.07, 6.45) is 1.63. The zero-order chi connectivity index (χ0) is 28.3. The number of hydrogen-bond acceptors (Lipinski definition) is 14. The first-order valence-electron chi connectivity index (χ1n) is 11.0. The van der Waals surface area contributed by atoms with Crippen LogP contribution in [0.1, 0.15) is 11.4 Å². The van der Waals surface area contributed by atoms with Gasteiger partial charge in [0.25, 0.3) is 11.8 Å². The fourth-order valence-electron chi connectivity index (χ4n) is 3.62. The number of hydrogen-bond donors (Lipinski definition) is 5. The van der Waals surface area contributed by atoms with Gasteiger partial charge in [0.2, 0.25) is 0 Å². The van der Waals surface area contributed by atoms with Crippen LogP contribution in [-0.4, -0.2) is 83.1 Å². The number of oxime groups is 1. The predicted octanol–water partition coefficient (Wildman–Crippen LogP) is 1.75. The molecule has 4 rings (SSSR count). The fraction of sp³-hybridized carbons (Fsp3) is 0.286. The molecule has 39 heavy (non-hydrogen) atoms. The maximum Gasteiger partial charge on any atom is 0.352 e. The Hall–Kier alpha value is -2.83. The number of thiazole rings is 1. The van der Waals surface area contributed by atoms with E-state index in [1.807, 2.05) is 13.0 Å². The van der Waals surface area contributed by atoms with Crippen molar-refractivity contribution in [2.75, 3.05) is 23.8 Å². The molecule has 2 atom stereocenters. The average Bonchev–Trinajstić information content (AvgIpc) is 3.22. The van der Waals surface area contributed by atoms with Gasteiger partial charge in [-0.05, 0) is 30.0 Å². The second-order valence-electron chi connectivity index (χ2n) is 7.85. The molecule has 0 saturated carbocycles. The van der Waals surface area contributed by atoms with Crippen LogP contribution in [0.2, 0.25) is 4.34 Å². The van der Waals surface area contributed by atoms with Gasteiger partial charge in [0.15, 0.2) is 16.0 Å². The number of aliphatic carboxylic acids is 1. The number of amides is 2. The van der Waals surface area contributed by atoms with Gasteiger partial charge in [-0.2, -0.15) is 0 Å². The van der Waals surface area contributed by atoms with Crippen molar-refractivity contribution in [2.24, 2.45) is 10.9 Å². The van der Waals surface area contributed by atoms with E-state index in [-0.39, 0.29) is 26.6 Å². The van der Waals surface area contributed by atoms with Gasteiger partial charge < -0.3 is 27.1 Å². The normalized spacial score (nSPS) is 19.3. The number of nitrogens with one attached hydrogen (secondary N) is 1. The van der Waals surface area contributed by atoms with Crippen LogP contribution in [0.25, 0.3) is 0 Å². The minimum absolute atomic E-state index is 0.0390. The fourth-order valence-corrected chi connectivity index (χ4v) is 7.34. The molecule has 1 fully saturated rings. The standard InChI is InChI=1S/C21H21ClN8O5S4/c1-8-6-10(26-21(25-8)37-5-3-23)36-4-2-9-7-38-18-13(17(32)30(18)14(9)19(33)34)27-16(31)12(29-35)11-15(22)39-20(24)28-11/h2,4,6,13,18,35H,3,5,7,23H2,1H3,(H2,24,28)(H,27,31)(H,33,34)/t13-,18-/m1/s1. The minimum Gasteiger partial charge on any atom is -0.477 e. The third-order valence-corrected chi connectivity index (χ3v) is 9.23. The molecule has 0 radical (unpaired) electrons. The molecule has 0 aliphatic carbocycles. The molecule has 7 N–H and O–H groups in total. The summed E-state index contributed by atoms with van der Waals surface area (Å²) in [6.45, 7) is 2.35. The van der Waals surface area contributed by atoms with Crippen LogP contribution in [0.4, 0.5) is 5.13 Å². The number of allylic oxidation sites excluding steroid dienone is 1. The second kappa shape index (κ2) is 12.6. The Labute approximate surface area is 243 Å². The van der Waals surface area contributed by atoms with Crippen molar-refractivity contribution < 1.29 is 24.7 Å². The van der Waals surface area contributed by atoms with Crippen molar-refractivity contribution in [1.29, 1.82) is 0 Å². The maximum atomic E-state index is 12.9. The Morgan fingerprint density at radius 2 is 2.15 bits per heavy atom. The van der Waals surface area contributed by atoms with Crippen LogP contribution >= 0.6 is 58.2 Å². The Balaban J connectivity index is 1.47. The van der Waals surface area contributed by atoms with Crippen molar-refractivity contribution in [1.82, 2.24) is 25.2 Å². The number of anilines is 1. The van der Waals surface area contributed by atoms with E-state index in [0.717, 1.165) is 21.9 Å². The van der Waals surface area contributed by atoms with Crippen LogP contribution < -0.4 is 16.8 Å². The Kier molecular flexibility index (Phi) is 9.39. The zero-order valence-corrected chi connectivity index (χ0v) is 24.1. The van der Waals surface area contributed by atoms with Crippen molar-refractivity contribution in [3.05, 3.63) is 44.5 Å². The van der Waals surface area contributed by atoms with Crippen molar-refractivity contribution in [3.63, 3.8) is 0 Å². The summed E-state index contributed by atoms with van der Waals surface area (Å²) in [5.41, 5.74) is 11.5. The van der Waals surface area contributed by atoms with Gasteiger partial charge in [-0.25, -0.2) is 19.7 Å². The lowest BCUT2D eigenvalue weighted by atomic mass is 10.0. The number of β-lactam (4-membered cyclic amide) rings is 1. The first-order valence-corrected chi connectivity index (χ1v) is 15.1. The molecule has 18 heteroatoms. The lowest BCUT2D eigenvalue weighted by molar-refractivity contribution is -0.150. The van der Waals surface area contributed by atoms with E-state index in [1.54, 1.807) is 11.5 Å². The molecule has 0 spiro atoms. The number of carbonyl (C=O) groups excluding carboxylic acids is 2. The summed E-state index contributed by atoms with van der Waals surface area (Å²) < 4.78 is 0.0390. The van der Waals surface area contributed by atoms with Crippen LogP contribution in [0.15, 0.2) is 44.2 Å². The number of rotatable bonds is 10. The predicted molar refractivity (Wildman–Crippen MR) is 151 cm³/mol. The van der Waals surface area contributed by atoms with E-state index in [1.165, 1.54) is 35.3 Å². The third-order valence-electron chi connectivity index (χ3n) is 5.25. The number of nitrogens with zero attached hydrogens (tertiary/aromatic N) is 5. The molecule has 206 valence electrons. The number of nitrogen functional groups attached to an aromatic ring is 1. The van der Waals surface area contributed by atoms with Gasteiger partial charge in [-0.1, -0.05) is 51.6 Å². The van der Waals surface area contributed by atoms with Crippen LogP contribution in [0.5, 0.6) is 0 Å². The molecule has 2 amide bonds. The molecular formula is C21H21ClN8O5S4. The monoisotopic (exact) mass is 628 g/mol. The summed E-state index contributed by atoms with van der Waals surface area (Å²) in [5.74, 6) is -1.84. The zero-order valence-electron chi connectivity index (χ0n) is 20.0. The van der Waals surface area contributed by atoms with Crippen LogP contribution in [0, 0.1) is 6.92 Å². The van der Waals surface area contributed by atoms with Crippen molar-refractivity contribution in [3.8, 4) is 0 Å². The Morgan fingerprint density at radius 3 is 2.79 bits per heavy atom. The Bertz CT molecular complexity index is 1410. The SMILES string of the molecule is Cc1cc(SC=CC2=C(C(=O)O)N3C(=O)[C@@H](NC(=O)C(=NO)c4nc(N)sc4Cl)[C@H]3SC2)nc(SCCN)n1. The molecule has 1 saturated heterocycles. The Morgan fingerprint density at radius 1 is 1.38 bits per heavy atom. The lowest BCUT2D eigenvalue weighted by Gasteiger charge is -2.49. The molecule has 0 unspecified atom stereocenters. The average molecular weight is 629 g/mol. The van der Waals surface area contributed by atoms with Gasteiger partial charge in [0.1, 0.15) is 32.2 Å². The summed E-state index contributed by atoms with van der Waals surface area (Å²) in [5, 5.41) is 27.1. The van der Waals surface area contributed by atoms with Crippen LogP contribution in [0.3, 0.4) is 0 Å². The molecule has 2 aliphatic rings. The molecule has 2 aromatic heterocycles. The molecule has 13 nitrogen and oxygen atoms in total. The quantitative estimate of drug-likeness (QED) is 0.0483.